The van der Waals surface area contributed by atoms with Crippen LogP contribution in [0.4, 0.5) is 0 Å². The standard InChI is InChI=1S/C17H18N4OS2/c18-15(22)12-21-16(14-9-5-10-23-14)19-20-17(21)24-11-4-8-13-6-2-1-3-7-13/h1-3,5-7,9-10H,4,8,11-12H2,(H2,18,22). The SMILES string of the molecule is NC(=O)Cn1c(SCCCc2ccccc2)nnc1-c1cccs1. The van der Waals surface area contributed by atoms with E-state index in [-0.39, 0.29) is 6.54 Å². The van der Waals surface area contributed by atoms with Crippen molar-refractivity contribution in [2.45, 2.75) is 24.5 Å². The molecule has 0 fully saturated rings. The summed E-state index contributed by atoms with van der Waals surface area (Å²) < 4.78 is 1.81. The molecule has 7 heteroatoms. The van der Waals surface area contributed by atoms with E-state index < -0.39 is 5.91 Å². The zero-order valence-corrected chi connectivity index (χ0v) is 14.7. The molecule has 5 nitrogen and oxygen atoms in total. The Hall–Kier alpha value is -2.12. The molecule has 0 saturated carbocycles. The Morgan fingerprint density at radius 3 is 2.71 bits per heavy atom. The van der Waals surface area contributed by atoms with Gasteiger partial charge in [0.15, 0.2) is 11.0 Å². The van der Waals surface area contributed by atoms with Gasteiger partial charge in [-0.05, 0) is 29.9 Å². The van der Waals surface area contributed by atoms with Crippen molar-refractivity contribution >= 4 is 29.0 Å². The first-order chi connectivity index (χ1) is 11.7. The molecule has 3 rings (SSSR count). The van der Waals surface area contributed by atoms with Gasteiger partial charge >= 0.3 is 0 Å². The van der Waals surface area contributed by atoms with Crippen molar-refractivity contribution in [3.05, 3.63) is 53.4 Å². The van der Waals surface area contributed by atoms with Crippen molar-refractivity contribution in [1.82, 2.24) is 14.8 Å². The summed E-state index contributed by atoms with van der Waals surface area (Å²) in [4.78, 5) is 12.4. The number of primary amides is 1. The van der Waals surface area contributed by atoms with Crippen molar-refractivity contribution < 1.29 is 4.79 Å². The lowest BCUT2D eigenvalue weighted by molar-refractivity contribution is -0.118. The van der Waals surface area contributed by atoms with Crippen LogP contribution in [-0.4, -0.2) is 26.4 Å². The molecule has 0 spiro atoms. The number of thiophene rings is 1. The zero-order chi connectivity index (χ0) is 16.8. The molecule has 1 aromatic carbocycles. The molecule has 0 aliphatic rings. The third-order valence-corrected chi connectivity index (χ3v) is 5.37. The van der Waals surface area contributed by atoms with Gasteiger partial charge in [0.05, 0.1) is 4.88 Å². The van der Waals surface area contributed by atoms with Crippen LogP contribution in [0.5, 0.6) is 0 Å². The van der Waals surface area contributed by atoms with Crippen LogP contribution >= 0.6 is 23.1 Å². The summed E-state index contributed by atoms with van der Waals surface area (Å²) in [5.41, 5.74) is 6.71. The van der Waals surface area contributed by atoms with E-state index in [1.54, 1.807) is 27.7 Å². The molecule has 2 N–H and O–H groups in total. The Morgan fingerprint density at radius 1 is 1.17 bits per heavy atom. The Bertz CT molecular complexity index is 784. The molecule has 0 unspecified atom stereocenters. The molecule has 124 valence electrons. The van der Waals surface area contributed by atoms with E-state index in [1.807, 2.05) is 23.6 Å². The fourth-order valence-corrected chi connectivity index (χ4v) is 3.96. The van der Waals surface area contributed by atoms with Gasteiger partial charge in [0, 0.05) is 5.75 Å². The summed E-state index contributed by atoms with van der Waals surface area (Å²) in [6, 6.07) is 14.3. The highest BCUT2D eigenvalue weighted by Gasteiger charge is 2.16. The summed E-state index contributed by atoms with van der Waals surface area (Å²) in [6.07, 6.45) is 2.06. The van der Waals surface area contributed by atoms with Gasteiger partial charge < -0.3 is 5.73 Å². The van der Waals surface area contributed by atoms with E-state index in [1.165, 1.54) is 5.56 Å². The van der Waals surface area contributed by atoms with Gasteiger partial charge in [0.1, 0.15) is 6.54 Å². The van der Waals surface area contributed by atoms with Crippen LogP contribution in [0.1, 0.15) is 12.0 Å². The van der Waals surface area contributed by atoms with E-state index in [4.69, 9.17) is 5.73 Å². The average Bonchev–Trinajstić information content (AvgIpc) is 3.22. The summed E-state index contributed by atoms with van der Waals surface area (Å²) >= 11 is 3.18. The lowest BCUT2D eigenvalue weighted by Gasteiger charge is -2.07. The number of aryl methyl sites for hydroxylation is 1. The van der Waals surface area contributed by atoms with E-state index >= 15 is 0 Å². The van der Waals surface area contributed by atoms with Crippen LogP contribution < -0.4 is 5.73 Å². The van der Waals surface area contributed by atoms with Crippen molar-refractivity contribution in [3.8, 4) is 10.7 Å². The molecular formula is C17H18N4OS2. The first kappa shape index (κ1) is 16.7. The number of aromatic nitrogens is 3. The smallest absolute Gasteiger partial charge is 0.237 e. The van der Waals surface area contributed by atoms with E-state index in [0.29, 0.717) is 5.82 Å². The fourth-order valence-electron chi connectivity index (χ4n) is 2.37. The number of nitrogens with zero attached hydrogens (tertiary/aromatic N) is 3. The predicted molar refractivity (Wildman–Crippen MR) is 98.0 cm³/mol. The maximum Gasteiger partial charge on any atom is 0.237 e. The molecule has 1 amide bonds. The summed E-state index contributed by atoms with van der Waals surface area (Å²) in [6.45, 7) is 0.0985. The van der Waals surface area contributed by atoms with E-state index in [2.05, 4.69) is 34.5 Å². The Labute approximate surface area is 148 Å². The van der Waals surface area contributed by atoms with Gasteiger partial charge in [-0.2, -0.15) is 0 Å². The van der Waals surface area contributed by atoms with Crippen molar-refractivity contribution in [3.63, 3.8) is 0 Å². The lowest BCUT2D eigenvalue weighted by Crippen LogP contribution is -2.19. The highest BCUT2D eigenvalue weighted by Crippen LogP contribution is 2.27. The maximum atomic E-state index is 11.4. The second kappa shape index (κ2) is 8.12. The third kappa shape index (κ3) is 4.24. The van der Waals surface area contributed by atoms with E-state index in [9.17, 15) is 4.79 Å². The van der Waals surface area contributed by atoms with Gasteiger partial charge in [-0.15, -0.1) is 21.5 Å². The minimum absolute atomic E-state index is 0.0985. The predicted octanol–water partition coefficient (Wildman–Crippen LogP) is 3.22. The molecule has 0 aliphatic carbocycles. The highest BCUT2D eigenvalue weighted by molar-refractivity contribution is 7.99. The van der Waals surface area contributed by atoms with Crippen LogP contribution in [-0.2, 0) is 17.8 Å². The number of carbonyl (C=O) groups excluding carboxylic acids is 1. The number of rotatable bonds is 8. The van der Waals surface area contributed by atoms with Gasteiger partial charge in [-0.25, -0.2) is 0 Å². The Kier molecular flexibility index (Phi) is 5.66. The molecule has 0 atom stereocenters. The van der Waals surface area contributed by atoms with Gasteiger partial charge in [0.25, 0.3) is 0 Å². The number of thioether (sulfide) groups is 1. The first-order valence-corrected chi connectivity index (χ1v) is 9.52. The highest BCUT2D eigenvalue weighted by atomic mass is 32.2. The zero-order valence-electron chi connectivity index (χ0n) is 13.1. The van der Waals surface area contributed by atoms with Gasteiger partial charge in [-0.1, -0.05) is 48.2 Å². The average molecular weight is 358 g/mol. The van der Waals surface area contributed by atoms with Crippen LogP contribution in [0.25, 0.3) is 10.7 Å². The fraction of sp³-hybridized carbons (Fsp3) is 0.235. The number of amides is 1. The third-order valence-electron chi connectivity index (χ3n) is 3.46. The van der Waals surface area contributed by atoms with Crippen LogP contribution in [0.2, 0.25) is 0 Å². The van der Waals surface area contributed by atoms with Crippen LogP contribution in [0.15, 0.2) is 53.0 Å². The Balaban J connectivity index is 1.65. The minimum atomic E-state index is -0.390. The normalized spacial score (nSPS) is 10.8. The molecule has 0 aliphatic heterocycles. The number of nitrogens with two attached hydrogens (primary N) is 1. The quantitative estimate of drug-likeness (QED) is 0.496. The molecule has 0 bridgehead atoms. The second-order valence-corrected chi connectivity index (χ2v) is 7.28. The first-order valence-electron chi connectivity index (χ1n) is 7.66. The van der Waals surface area contributed by atoms with Crippen LogP contribution in [0, 0.1) is 0 Å². The number of carbonyl (C=O) groups is 1. The monoisotopic (exact) mass is 358 g/mol. The molecule has 2 heterocycles. The number of hydrogen-bond donors (Lipinski definition) is 1. The molecule has 24 heavy (non-hydrogen) atoms. The van der Waals surface area contributed by atoms with E-state index in [0.717, 1.165) is 28.6 Å². The molecule has 0 saturated heterocycles. The molecular weight excluding hydrogens is 340 g/mol. The number of hydrogen-bond acceptors (Lipinski definition) is 5. The van der Waals surface area contributed by atoms with Crippen molar-refractivity contribution in [2.24, 2.45) is 5.73 Å². The molecule has 2 aromatic heterocycles. The second-order valence-electron chi connectivity index (χ2n) is 5.27. The molecule has 0 radical (unpaired) electrons. The largest absolute Gasteiger partial charge is 0.368 e. The Morgan fingerprint density at radius 2 is 2.00 bits per heavy atom. The summed E-state index contributed by atoms with van der Waals surface area (Å²) in [5.74, 6) is 1.23. The topological polar surface area (TPSA) is 73.8 Å². The van der Waals surface area contributed by atoms with Crippen molar-refractivity contribution in [2.75, 3.05) is 5.75 Å². The maximum absolute atomic E-state index is 11.4. The van der Waals surface area contributed by atoms with Crippen molar-refractivity contribution in [1.29, 1.82) is 0 Å². The van der Waals surface area contributed by atoms with Gasteiger partial charge in [0.2, 0.25) is 5.91 Å². The van der Waals surface area contributed by atoms with Crippen LogP contribution in [0.3, 0.4) is 0 Å². The summed E-state index contributed by atoms with van der Waals surface area (Å²) in [5, 5.41) is 11.2. The molecule has 3 aromatic rings. The summed E-state index contributed by atoms with van der Waals surface area (Å²) in [7, 11) is 0. The lowest BCUT2D eigenvalue weighted by atomic mass is 10.1. The number of benzene rings is 1. The minimum Gasteiger partial charge on any atom is -0.368 e. The van der Waals surface area contributed by atoms with Gasteiger partial charge in [-0.3, -0.25) is 9.36 Å².